The second-order valence-electron chi connectivity index (χ2n) is 5.30. The third kappa shape index (κ3) is 3.33. The van der Waals surface area contributed by atoms with E-state index in [-0.39, 0.29) is 0 Å². The Bertz CT molecular complexity index is 871. The van der Waals surface area contributed by atoms with E-state index in [4.69, 9.17) is 21.7 Å². The fourth-order valence-corrected chi connectivity index (χ4v) is 2.87. The van der Waals surface area contributed by atoms with Crippen molar-refractivity contribution in [3.05, 3.63) is 64.7 Å². The van der Waals surface area contributed by atoms with Gasteiger partial charge in [-0.2, -0.15) is 5.10 Å². The van der Waals surface area contributed by atoms with Crippen LogP contribution >= 0.6 is 12.2 Å². The first-order chi connectivity index (χ1) is 11.7. The molecule has 0 unspecified atom stereocenters. The highest BCUT2D eigenvalue weighted by atomic mass is 32.1. The van der Waals surface area contributed by atoms with Gasteiger partial charge in [0.25, 0.3) is 0 Å². The summed E-state index contributed by atoms with van der Waals surface area (Å²) in [4.78, 5) is 0. The number of rotatable bonds is 6. The molecule has 0 bridgehead atoms. The van der Waals surface area contributed by atoms with E-state index in [1.807, 2.05) is 41.0 Å². The third-order valence-electron chi connectivity index (χ3n) is 3.85. The first-order valence-corrected chi connectivity index (χ1v) is 8.06. The largest absolute Gasteiger partial charge is 0.497 e. The molecule has 1 aromatic heterocycles. The van der Waals surface area contributed by atoms with Crippen LogP contribution in [0.15, 0.2) is 48.5 Å². The van der Waals surface area contributed by atoms with Crippen LogP contribution in [-0.2, 0) is 12.8 Å². The van der Waals surface area contributed by atoms with Crippen molar-refractivity contribution in [3.63, 3.8) is 0 Å². The van der Waals surface area contributed by atoms with Crippen molar-refractivity contribution in [1.82, 2.24) is 14.8 Å². The number of nitrogens with one attached hydrogen (secondary N) is 1. The van der Waals surface area contributed by atoms with Gasteiger partial charge in [0.1, 0.15) is 17.3 Å². The topological polar surface area (TPSA) is 52.1 Å². The average Bonchev–Trinajstić information content (AvgIpc) is 3.00. The maximum absolute atomic E-state index is 5.48. The highest BCUT2D eigenvalue weighted by Gasteiger charge is 2.14. The van der Waals surface area contributed by atoms with Crippen molar-refractivity contribution >= 4 is 12.2 Å². The maximum atomic E-state index is 5.48. The number of H-pyrrole nitrogens is 1. The molecule has 0 fully saturated rings. The number of benzene rings is 2. The van der Waals surface area contributed by atoms with Crippen molar-refractivity contribution in [2.45, 2.75) is 12.8 Å². The molecule has 24 heavy (non-hydrogen) atoms. The quantitative estimate of drug-likeness (QED) is 0.694. The molecule has 0 saturated carbocycles. The van der Waals surface area contributed by atoms with Gasteiger partial charge in [-0.05, 0) is 36.3 Å². The molecule has 3 aromatic rings. The molecule has 0 aliphatic carbocycles. The number of aryl methyl sites for hydroxylation is 2. The Morgan fingerprint density at radius 1 is 1.04 bits per heavy atom. The van der Waals surface area contributed by atoms with Gasteiger partial charge in [-0.1, -0.05) is 30.3 Å². The molecular formula is C18H19N3O2S. The summed E-state index contributed by atoms with van der Waals surface area (Å²) in [6.45, 7) is 0. The van der Waals surface area contributed by atoms with Crippen molar-refractivity contribution < 1.29 is 9.47 Å². The first-order valence-electron chi connectivity index (χ1n) is 7.65. The predicted molar refractivity (Wildman–Crippen MR) is 95.7 cm³/mol. The number of aromatic amines is 1. The number of nitrogens with zero attached hydrogens (tertiary/aromatic N) is 2. The predicted octanol–water partition coefficient (Wildman–Crippen LogP) is 3.73. The van der Waals surface area contributed by atoms with Crippen LogP contribution in [0.3, 0.4) is 0 Å². The van der Waals surface area contributed by atoms with E-state index >= 15 is 0 Å². The lowest BCUT2D eigenvalue weighted by molar-refractivity contribution is 0.401. The Labute approximate surface area is 145 Å². The van der Waals surface area contributed by atoms with Gasteiger partial charge in [-0.3, -0.25) is 9.67 Å². The molecular weight excluding hydrogens is 322 g/mol. The van der Waals surface area contributed by atoms with Crippen LogP contribution in [0.4, 0.5) is 0 Å². The standard InChI is InChI=1S/C18H19N3O2S/c1-22-14-9-10-16(23-2)15(12-14)21-17(19-20-18(21)24)11-8-13-6-4-3-5-7-13/h3-7,9-10,12H,8,11H2,1-2H3,(H,20,24). The van der Waals surface area contributed by atoms with E-state index < -0.39 is 0 Å². The van der Waals surface area contributed by atoms with E-state index in [1.54, 1.807) is 14.2 Å². The summed E-state index contributed by atoms with van der Waals surface area (Å²) in [5.41, 5.74) is 2.08. The molecule has 0 aliphatic heterocycles. The molecule has 0 saturated heterocycles. The van der Waals surface area contributed by atoms with Gasteiger partial charge in [0.2, 0.25) is 0 Å². The molecule has 0 radical (unpaired) electrons. The smallest absolute Gasteiger partial charge is 0.199 e. The summed E-state index contributed by atoms with van der Waals surface area (Å²) in [5, 5.41) is 7.27. The van der Waals surface area contributed by atoms with E-state index in [0.29, 0.717) is 10.5 Å². The number of ether oxygens (including phenoxy) is 2. The van der Waals surface area contributed by atoms with Crippen molar-refractivity contribution in [2.24, 2.45) is 0 Å². The molecule has 1 heterocycles. The van der Waals surface area contributed by atoms with Gasteiger partial charge in [0.05, 0.1) is 19.9 Å². The molecule has 5 nitrogen and oxygen atoms in total. The molecule has 2 aromatic carbocycles. The molecule has 124 valence electrons. The van der Waals surface area contributed by atoms with Crippen molar-refractivity contribution in [2.75, 3.05) is 14.2 Å². The highest BCUT2D eigenvalue weighted by molar-refractivity contribution is 7.71. The second-order valence-corrected chi connectivity index (χ2v) is 5.69. The van der Waals surface area contributed by atoms with Crippen molar-refractivity contribution in [1.29, 1.82) is 0 Å². The van der Waals surface area contributed by atoms with E-state index in [0.717, 1.165) is 30.1 Å². The third-order valence-corrected chi connectivity index (χ3v) is 4.12. The van der Waals surface area contributed by atoms with Crippen LogP contribution in [-0.4, -0.2) is 29.0 Å². The SMILES string of the molecule is COc1ccc(OC)c(-n2c(CCc3ccccc3)n[nH]c2=S)c1. The zero-order valence-corrected chi connectivity index (χ0v) is 14.5. The van der Waals surface area contributed by atoms with Gasteiger partial charge in [-0.15, -0.1) is 0 Å². The lowest BCUT2D eigenvalue weighted by Gasteiger charge is -2.13. The van der Waals surface area contributed by atoms with Crippen LogP contribution in [0.25, 0.3) is 5.69 Å². The Morgan fingerprint density at radius 2 is 1.83 bits per heavy atom. The fourth-order valence-electron chi connectivity index (χ4n) is 2.62. The van der Waals surface area contributed by atoms with Crippen LogP contribution in [0, 0.1) is 4.77 Å². The Balaban J connectivity index is 1.97. The van der Waals surface area contributed by atoms with Gasteiger partial charge in [0.15, 0.2) is 4.77 Å². The molecule has 0 atom stereocenters. The fraction of sp³-hybridized carbons (Fsp3) is 0.222. The number of hydrogen-bond acceptors (Lipinski definition) is 4. The number of aromatic nitrogens is 3. The summed E-state index contributed by atoms with van der Waals surface area (Å²) in [7, 11) is 3.27. The monoisotopic (exact) mass is 341 g/mol. The molecule has 0 spiro atoms. The minimum Gasteiger partial charge on any atom is -0.497 e. The number of methoxy groups -OCH3 is 2. The van der Waals surface area contributed by atoms with Crippen LogP contribution < -0.4 is 9.47 Å². The first kappa shape index (κ1) is 16.3. The van der Waals surface area contributed by atoms with Gasteiger partial charge in [0, 0.05) is 12.5 Å². The average molecular weight is 341 g/mol. The van der Waals surface area contributed by atoms with Crippen LogP contribution in [0.5, 0.6) is 11.5 Å². The number of hydrogen-bond donors (Lipinski definition) is 1. The van der Waals surface area contributed by atoms with Crippen molar-refractivity contribution in [3.8, 4) is 17.2 Å². The Hall–Kier alpha value is -2.60. The van der Waals surface area contributed by atoms with Crippen LogP contribution in [0.2, 0.25) is 0 Å². The lowest BCUT2D eigenvalue weighted by atomic mass is 10.1. The van der Waals surface area contributed by atoms with Crippen LogP contribution in [0.1, 0.15) is 11.4 Å². The Kier molecular flexibility index (Phi) is 4.96. The summed E-state index contributed by atoms with van der Waals surface area (Å²) in [5.74, 6) is 2.31. The van der Waals surface area contributed by atoms with Gasteiger partial charge in [-0.25, -0.2) is 0 Å². The minimum absolute atomic E-state index is 0.532. The Morgan fingerprint density at radius 3 is 2.54 bits per heavy atom. The molecule has 3 rings (SSSR count). The van der Waals surface area contributed by atoms with E-state index in [2.05, 4.69) is 22.3 Å². The summed E-state index contributed by atoms with van der Waals surface area (Å²) in [6.07, 6.45) is 1.64. The summed E-state index contributed by atoms with van der Waals surface area (Å²) < 4.78 is 13.2. The summed E-state index contributed by atoms with van der Waals surface area (Å²) in [6, 6.07) is 15.9. The normalized spacial score (nSPS) is 10.6. The second kappa shape index (κ2) is 7.31. The molecule has 6 heteroatoms. The highest BCUT2D eigenvalue weighted by Crippen LogP contribution is 2.28. The van der Waals surface area contributed by atoms with E-state index in [9.17, 15) is 0 Å². The zero-order chi connectivity index (χ0) is 16.9. The minimum atomic E-state index is 0.532. The lowest BCUT2D eigenvalue weighted by Crippen LogP contribution is -2.05. The van der Waals surface area contributed by atoms with E-state index in [1.165, 1.54) is 5.56 Å². The maximum Gasteiger partial charge on any atom is 0.199 e. The molecule has 0 aliphatic rings. The summed E-state index contributed by atoms with van der Waals surface area (Å²) >= 11 is 5.42. The molecule has 1 N–H and O–H groups in total. The van der Waals surface area contributed by atoms with Gasteiger partial charge >= 0.3 is 0 Å². The zero-order valence-electron chi connectivity index (χ0n) is 13.7. The molecule has 0 amide bonds. The van der Waals surface area contributed by atoms with Gasteiger partial charge < -0.3 is 9.47 Å².